The van der Waals surface area contributed by atoms with E-state index in [1.165, 1.54) is 54.0 Å². The summed E-state index contributed by atoms with van der Waals surface area (Å²) in [5.41, 5.74) is 7.02. The lowest BCUT2D eigenvalue weighted by atomic mass is 9.51. The smallest absolute Gasteiger partial charge is 0.244 e. The lowest BCUT2D eigenvalue weighted by Gasteiger charge is -2.54. The maximum absolute atomic E-state index is 6.57. The molecule has 0 saturated heterocycles. The summed E-state index contributed by atoms with van der Waals surface area (Å²) in [6, 6.07) is 36.5. The van der Waals surface area contributed by atoms with Crippen molar-refractivity contribution in [1.82, 2.24) is 14.1 Å². The third-order valence-electron chi connectivity index (χ3n) is 11.3. The Bertz CT molecular complexity index is 2270. The van der Waals surface area contributed by atoms with Gasteiger partial charge in [0.05, 0.1) is 34.8 Å². The van der Waals surface area contributed by atoms with Gasteiger partial charge in [-0.1, -0.05) is 54.6 Å². The molecular weight excluding hydrogens is 564 g/mol. The highest BCUT2D eigenvalue weighted by atomic mass is 16.5. The first-order valence-electron chi connectivity index (χ1n) is 16.8. The van der Waals surface area contributed by atoms with Crippen LogP contribution >= 0.6 is 0 Å². The number of pyridine rings is 1. The molecule has 0 aliphatic heterocycles. The number of fused-ring (bicyclic) bond motifs is 4. The van der Waals surface area contributed by atoms with E-state index in [9.17, 15) is 0 Å². The second-order valence-electron chi connectivity index (χ2n) is 14.0. The van der Waals surface area contributed by atoms with Crippen molar-refractivity contribution >= 4 is 32.8 Å². The average Bonchev–Trinajstić information content (AvgIpc) is 3.59. The maximum atomic E-state index is 6.57. The van der Waals surface area contributed by atoms with Crippen LogP contribution in [0.1, 0.15) is 43.6 Å². The molecule has 4 aliphatic rings. The van der Waals surface area contributed by atoms with Crippen LogP contribution in [-0.2, 0) is 7.05 Å². The lowest BCUT2D eigenvalue weighted by Crippen LogP contribution is -2.43. The summed E-state index contributed by atoms with van der Waals surface area (Å²) >= 11 is 0. The van der Waals surface area contributed by atoms with Crippen LogP contribution in [0.4, 0.5) is 0 Å². The van der Waals surface area contributed by atoms with E-state index in [1.54, 1.807) is 0 Å². The van der Waals surface area contributed by atoms with E-state index in [0.717, 1.165) is 63.2 Å². The molecule has 0 radical (unpaired) electrons. The van der Waals surface area contributed by atoms with Crippen LogP contribution in [0.2, 0.25) is 0 Å². The van der Waals surface area contributed by atoms with Crippen molar-refractivity contribution in [2.24, 2.45) is 30.7 Å². The number of benzene rings is 4. The van der Waals surface area contributed by atoms with Gasteiger partial charge in [0.1, 0.15) is 17.3 Å². The Morgan fingerprint density at radius 3 is 2.28 bits per heavy atom. The van der Waals surface area contributed by atoms with Gasteiger partial charge in [0.25, 0.3) is 0 Å². The monoisotopic (exact) mass is 600 g/mol. The van der Waals surface area contributed by atoms with E-state index >= 15 is 0 Å². The van der Waals surface area contributed by atoms with E-state index < -0.39 is 0 Å². The number of aryl methyl sites for hydroxylation is 1. The van der Waals surface area contributed by atoms with Crippen molar-refractivity contribution in [3.8, 4) is 23.0 Å². The Labute approximate surface area is 268 Å². The van der Waals surface area contributed by atoms with Gasteiger partial charge in [0, 0.05) is 23.0 Å². The molecule has 4 saturated carbocycles. The molecule has 4 bridgehead atoms. The average molecular weight is 601 g/mol. The summed E-state index contributed by atoms with van der Waals surface area (Å²) in [7, 11) is 2.03. The van der Waals surface area contributed by atoms with E-state index in [-0.39, 0.29) is 0 Å². The van der Waals surface area contributed by atoms with Crippen molar-refractivity contribution in [1.29, 1.82) is 0 Å². The van der Waals surface area contributed by atoms with Gasteiger partial charge >= 0.3 is 0 Å². The Morgan fingerprint density at radius 2 is 1.43 bits per heavy atom. The minimum absolute atomic E-state index is 0.672. The van der Waals surface area contributed by atoms with Crippen LogP contribution in [0.3, 0.4) is 0 Å². The normalized spacial score (nSPS) is 23.5. The molecule has 226 valence electrons. The zero-order chi connectivity index (χ0) is 30.4. The summed E-state index contributed by atoms with van der Waals surface area (Å²) in [6.45, 7) is 0. The van der Waals surface area contributed by atoms with Crippen molar-refractivity contribution in [2.75, 3.05) is 0 Å². The molecule has 5 nitrogen and oxygen atoms in total. The van der Waals surface area contributed by atoms with E-state index in [4.69, 9.17) is 9.72 Å². The van der Waals surface area contributed by atoms with Crippen molar-refractivity contribution in [2.45, 2.75) is 38.0 Å². The molecule has 0 atom stereocenters. The molecule has 0 N–H and O–H groups in total. The van der Waals surface area contributed by atoms with Crippen LogP contribution in [0, 0.1) is 30.0 Å². The van der Waals surface area contributed by atoms with Gasteiger partial charge in [0.2, 0.25) is 6.33 Å². The van der Waals surface area contributed by atoms with Crippen molar-refractivity contribution in [3.05, 3.63) is 121 Å². The number of para-hydroxylation sites is 3. The number of hydrogen-bond donors (Lipinski definition) is 0. The highest BCUT2D eigenvalue weighted by molar-refractivity contribution is 6.09. The van der Waals surface area contributed by atoms with Gasteiger partial charge in [-0.25, -0.2) is 4.98 Å². The molecule has 3 heterocycles. The van der Waals surface area contributed by atoms with E-state index in [1.807, 2.05) is 29.9 Å². The fourth-order valence-corrected chi connectivity index (χ4v) is 9.71. The summed E-state index contributed by atoms with van der Waals surface area (Å²) < 4.78 is 13.0. The molecule has 0 amide bonds. The first-order chi connectivity index (χ1) is 22.7. The zero-order valence-electron chi connectivity index (χ0n) is 26.0. The lowest BCUT2D eigenvalue weighted by molar-refractivity contribution is -0.649. The van der Waals surface area contributed by atoms with Gasteiger partial charge in [-0.15, -0.1) is 0 Å². The minimum Gasteiger partial charge on any atom is -0.458 e. The first-order valence-corrected chi connectivity index (χ1v) is 16.8. The molecule has 3 aromatic heterocycles. The highest BCUT2D eigenvalue weighted by Gasteiger charge is 2.48. The molecule has 4 fully saturated rings. The predicted molar refractivity (Wildman–Crippen MR) is 182 cm³/mol. The second-order valence-corrected chi connectivity index (χ2v) is 14.0. The number of nitrogens with zero attached hydrogens (tertiary/aromatic N) is 4. The summed E-state index contributed by atoms with van der Waals surface area (Å²) in [4.78, 5) is 4.99. The Morgan fingerprint density at radius 1 is 0.696 bits per heavy atom. The molecule has 5 heteroatoms. The second kappa shape index (κ2) is 10.1. The van der Waals surface area contributed by atoms with Crippen LogP contribution in [-0.4, -0.2) is 14.1 Å². The van der Waals surface area contributed by atoms with Gasteiger partial charge in [-0.2, -0.15) is 0 Å². The van der Waals surface area contributed by atoms with Crippen molar-refractivity contribution in [3.63, 3.8) is 0 Å². The Kier molecular flexibility index (Phi) is 5.75. The van der Waals surface area contributed by atoms with Gasteiger partial charge in [-0.05, 0) is 110 Å². The van der Waals surface area contributed by atoms with Crippen molar-refractivity contribution < 1.29 is 9.30 Å². The van der Waals surface area contributed by atoms with Crippen LogP contribution in [0.25, 0.3) is 44.3 Å². The molecule has 0 spiro atoms. The van der Waals surface area contributed by atoms with Crippen LogP contribution in [0.5, 0.6) is 11.5 Å². The Hall–Kier alpha value is -4.90. The molecular formula is C41H36N4O. The summed E-state index contributed by atoms with van der Waals surface area (Å²) in [5.74, 6) is 6.88. The van der Waals surface area contributed by atoms with Gasteiger partial charge in [0.15, 0.2) is 0 Å². The molecule has 4 aromatic carbocycles. The zero-order valence-corrected chi connectivity index (χ0v) is 26.0. The van der Waals surface area contributed by atoms with Crippen LogP contribution in [0.15, 0.2) is 109 Å². The minimum atomic E-state index is 0.672. The third kappa shape index (κ3) is 4.07. The standard InChI is InChI=1S/C41H36N4O/c1-43-25-44(38-12-5-4-11-37(38)43)31-7-6-8-32(23-31)46-33-13-14-35-34-9-2-3-10-36(34)45(39(35)24-33)40-22-28(15-16-42-40)41-29-18-26-17-27(20-29)21-30(41)19-26/h2-16,22-24,26-27,29-30,41H,17-21H2,1H3. The number of imidazole rings is 1. The van der Waals surface area contributed by atoms with Gasteiger partial charge < -0.3 is 13.9 Å². The van der Waals surface area contributed by atoms with E-state index in [2.05, 4.69) is 106 Å². The SMILES string of the molecule is C[n+]1[c-]n(-c2cccc(Oc3ccc4c5ccccc5n(-c5cc(C6C7CC8CC(C7)CC6C8)ccn5)c4c3)c2)c2ccccc21. The quantitative estimate of drug-likeness (QED) is 0.146. The molecule has 46 heavy (non-hydrogen) atoms. The summed E-state index contributed by atoms with van der Waals surface area (Å²) in [5, 5.41) is 2.44. The third-order valence-corrected chi connectivity index (χ3v) is 11.3. The summed E-state index contributed by atoms with van der Waals surface area (Å²) in [6.07, 6.45) is 12.6. The maximum Gasteiger partial charge on any atom is 0.244 e. The molecule has 11 rings (SSSR count). The predicted octanol–water partition coefficient (Wildman–Crippen LogP) is 9.08. The topological polar surface area (TPSA) is 35.9 Å². The number of aromatic nitrogens is 4. The molecule has 4 aliphatic carbocycles. The fourth-order valence-electron chi connectivity index (χ4n) is 9.71. The highest BCUT2D eigenvalue weighted by Crippen LogP contribution is 2.59. The molecule has 0 unspecified atom stereocenters. The Balaban J connectivity index is 1.04. The number of hydrogen-bond acceptors (Lipinski definition) is 2. The number of rotatable bonds is 5. The van der Waals surface area contributed by atoms with E-state index in [0.29, 0.717) is 5.92 Å². The molecule has 7 aromatic rings. The largest absolute Gasteiger partial charge is 0.458 e. The number of ether oxygens (including phenoxy) is 1. The fraction of sp³-hybridized carbons (Fsp3) is 0.268. The van der Waals surface area contributed by atoms with Gasteiger partial charge in [-0.3, -0.25) is 4.57 Å². The van der Waals surface area contributed by atoms with Crippen LogP contribution < -0.4 is 9.30 Å². The first kappa shape index (κ1) is 26.3.